The maximum atomic E-state index is 5.94. The largest absolute Gasteiger partial charge is 0.486 e. The summed E-state index contributed by atoms with van der Waals surface area (Å²) in [6.07, 6.45) is 3.52. The predicted molar refractivity (Wildman–Crippen MR) is 118 cm³/mol. The zero-order valence-corrected chi connectivity index (χ0v) is 17.0. The van der Waals surface area contributed by atoms with E-state index in [-0.39, 0.29) is 13.5 Å². The number of aromatic nitrogens is 3. The molecular formula is C22H26N6O2. The Kier molecular flexibility index (Phi) is 4.74. The average Bonchev–Trinajstić information content (AvgIpc) is 2.77. The fourth-order valence-corrected chi connectivity index (χ4v) is 3.88. The van der Waals surface area contributed by atoms with Crippen LogP contribution in [0, 0.1) is 0 Å². The Morgan fingerprint density at radius 2 is 2.00 bits per heavy atom. The van der Waals surface area contributed by atoms with Gasteiger partial charge in [-0.15, -0.1) is 0 Å². The van der Waals surface area contributed by atoms with Gasteiger partial charge in [-0.3, -0.25) is 0 Å². The van der Waals surface area contributed by atoms with Crippen LogP contribution in [0.2, 0.25) is 0 Å². The lowest BCUT2D eigenvalue weighted by Crippen LogP contribution is -2.55. The molecule has 1 aromatic carbocycles. The molecule has 2 aromatic heterocycles. The first-order valence-electron chi connectivity index (χ1n) is 10.0. The standard InChI is InChI=1S/C22H24N6O2.H2/c1-27-18(15-6-4-3-5-7-15)14-30-19-11-24-22(26-21(19)27)25-16-12-28(13-16)17-8-9-23-20(10-17)29-2;/h3-11,16,18H,12-14H2,1-2H3,(H,24,25,26);1H. The quantitative estimate of drug-likeness (QED) is 0.693. The number of hydrogen-bond donors (Lipinski definition) is 1. The summed E-state index contributed by atoms with van der Waals surface area (Å²) in [5.74, 6) is 2.77. The number of benzene rings is 1. The molecular weight excluding hydrogens is 380 g/mol. The van der Waals surface area contributed by atoms with Gasteiger partial charge in [0.25, 0.3) is 0 Å². The zero-order valence-electron chi connectivity index (χ0n) is 17.0. The fraction of sp³-hybridized carbons (Fsp3) is 0.318. The first-order chi connectivity index (χ1) is 14.7. The summed E-state index contributed by atoms with van der Waals surface area (Å²) in [6.45, 7) is 2.32. The molecule has 1 saturated heterocycles. The summed E-state index contributed by atoms with van der Waals surface area (Å²) in [5.41, 5.74) is 2.31. The molecule has 0 amide bonds. The van der Waals surface area contributed by atoms with Gasteiger partial charge in [-0.25, -0.2) is 9.97 Å². The topological polar surface area (TPSA) is 75.6 Å². The molecule has 0 bridgehead atoms. The van der Waals surface area contributed by atoms with Crippen LogP contribution < -0.4 is 24.6 Å². The van der Waals surface area contributed by atoms with Crippen molar-refractivity contribution in [2.24, 2.45) is 0 Å². The van der Waals surface area contributed by atoms with E-state index in [1.165, 1.54) is 5.56 Å². The van der Waals surface area contributed by atoms with Crippen LogP contribution >= 0.6 is 0 Å². The molecule has 2 aliphatic rings. The molecule has 3 aromatic rings. The van der Waals surface area contributed by atoms with E-state index in [9.17, 15) is 0 Å². The Morgan fingerprint density at radius 1 is 1.17 bits per heavy atom. The number of rotatable bonds is 5. The SMILES string of the molecule is COc1cc(N2CC(Nc3ncc4c(n3)N(C)C(c3ccccc3)CO4)C2)ccn1.[HH]. The van der Waals surface area contributed by atoms with Gasteiger partial charge in [0, 0.05) is 39.5 Å². The Bertz CT molecular complexity index is 1030. The number of pyridine rings is 1. The second kappa shape index (κ2) is 7.70. The van der Waals surface area contributed by atoms with E-state index < -0.39 is 0 Å². The van der Waals surface area contributed by atoms with Crippen molar-refractivity contribution in [1.82, 2.24) is 15.0 Å². The molecule has 4 heterocycles. The van der Waals surface area contributed by atoms with E-state index in [1.807, 2.05) is 30.3 Å². The van der Waals surface area contributed by atoms with Gasteiger partial charge in [-0.1, -0.05) is 30.3 Å². The van der Waals surface area contributed by atoms with Crippen LogP contribution in [-0.4, -0.2) is 54.8 Å². The second-order valence-corrected chi connectivity index (χ2v) is 7.53. The molecule has 8 nitrogen and oxygen atoms in total. The number of hydrogen-bond acceptors (Lipinski definition) is 8. The summed E-state index contributed by atoms with van der Waals surface area (Å²) in [5, 5.41) is 3.44. The van der Waals surface area contributed by atoms with E-state index >= 15 is 0 Å². The third kappa shape index (κ3) is 3.45. The molecule has 156 valence electrons. The highest BCUT2D eigenvalue weighted by Gasteiger charge is 2.30. The molecule has 0 saturated carbocycles. The lowest BCUT2D eigenvalue weighted by atomic mass is 10.1. The van der Waals surface area contributed by atoms with E-state index in [1.54, 1.807) is 19.5 Å². The van der Waals surface area contributed by atoms with Crippen LogP contribution in [0.5, 0.6) is 11.6 Å². The van der Waals surface area contributed by atoms with Crippen molar-refractivity contribution in [2.75, 3.05) is 49.0 Å². The first kappa shape index (κ1) is 18.5. The molecule has 0 aliphatic carbocycles. The van der Waals surface area contributed by atoms with Gasteiger partial charge in [0.2, 0.25) is 11.8 Å². The van der Waals surface area contributed by atoms with Gasteiger partial charge in [0.05, 0.1) is 25.4 Å². The van der Waals surface area contributed by atoms with Crippen LogP contribution in [0.3, 0.4) is 0 Å². The fourth-order valence-electron chi connectivity index (χ4n) is 3.88. The molecule has 1 N–H and O–H groups in total. The number of methoxy groups -OCH3 is 1. The molecule has 30 heavy (non-hydrogen) atoms. The van der Waals surface area contributed by atoms with Crippen LogP contribution in [-0.2, 0) is 0 Å². The van der Waals surface area contributed by atoms with Crippen LogP contribution in [0.15, 0.2) is 54.9 Å². The summed E-state index contributed by atoms with van der Waals surface area (Å²) in [4.78, 5) is 17.8. The van der Waals surface area contributed by atoms with Crippen LogP contribution in [0.25, 0.3) is 0 Å². The molecule has 2 aliphatic heterocycles. The van der Waals surface area contributed by atoms with Crippen molar-refractivity contribution >= 4 is 17.5 Å². The Morgan fingerprint density at radius 3 is 2.80 bits per heavy atom. The summed E-state index contributed by atoms with van der Waals surface area (Å²) >= 11 is 0. The van der Waals surface area contributed by atoms with E-state index in [2.05, 4.69) is 44.3 Å². The van der Waals surface area contributed by atoms with Crippen LogP contribution in [0.4, 0.5) is 17.5 Å². The first-order valence-corrected chi connectivity index (χ1v) is 10.0. The number of fused-ring (bicyclic) bond motifs is 1. The van der Waals surface area contributed by atoms with Gasteiger partial charge in [0.15, 0.2) is 11.6 Å². The molecule has 8 heteroatoms. The normalized spacial score (nSPS) is 18.3. The number of anilines is 3. The molecule has 1 unspecified atom stereocenters. The van der Waals surface area contributed by atoms with Crippen molar-refractivity contribution in [3.63, 3.8) is 0 Å². The van der Waals surface area contributed by atoms with Gasteiger partial charge in [-0.2, -0.15) is 4.98 Å². The second-order valence-electron chi connectivity index (χ2n) is 7.53. The Balaban J connectivity index is 0.00000231. The highest BCUT2D eigenvalue weighted by molar-refractivity contribution is 5.58. The Labute approximate surface area is 177 Å². The minimum atomic E-state index is 0. The van der Waals surface area contributed by atoms with Gasteiger partial charge < -0.3 is 24.6 Å². The minimum absolute atomic E-state index is 0. The smallest absolute Gasteiger partial charge is 0.225 e. The molecule has 5 rings (SSSR count). The number of likely N-dealkylation sites (N-methyl/N-ethyl adjacent to an activating group) is 1. The van der Waals surface area contributed by atoms with E-state index in [0.717, 1.165) is 24.6 Å². The molecule has 1 fully saturated rings. The van der Waals surface area contributed by atoms with Gasteiger partial charge in [0.1, 0.15) is 6.61 Å². The monoisotopic (exact) mass is 406 g/mol. The van der Waals surface area contributed by atoms with E-state index in [4.69, 9.17) is 14.5 Å². The molecule has 1 atom stereocenters. The lowest BCUT2D eigenvalue weighted by molar-refractivity contribution is 0.265. The minimum Gasteiger partial charge on any atom is -0.486 e. The zero-order chi connectivity index (χ0) is 20.5. The number of nitrogens with one attached hydrogen (secondary N) is 1. The Hall–Kier alpha value is -3.55. The number of ether oxygens (including phenoxy) is 2. The third-order valence-electron chi connectivity index (χ3n) is 5.63. The maximum absolute atomic E-state index is 5.94. The highest BCUT2D eigenvalue weighted by atomic mass is 16.5. The molecule has 0 spiro atoms. The highest BCUT2D eigenvalue weighted by Crippen LogP contribution is 2.37. The summed E-state index contributed by atoms with van der Waals surface area (Å²) in [6, 6.07) is 14.7. The molecule has 0 radical (unpaired) electrons. The van der Waals surface area contributed by atoms with Crippen molar-refractivity contribution in [1.29, 1.82) is 0 Å². The lowest BCUT2D eigenvalue weighted by Gasteiger charge is -2.41. The van der Waals surface area contributed by atoms with Crippen LogP contribution in [0.1, 0.15) is 13.0 Å². The van der Waals surface area contributed by atoms with Crippen molar-refractivity contribution in [2.45, 2.75) is 12.1 Å². The van der Waals surface area contributed by atoms with Crippen molar-refractivity contribution < 1.29 is 10.9 Å². The van der Waals surface area contributed by atoms with Crippen molar-refractivity contribution in [3.05, 3.63) is 60.4 Å². The third-order valence-corrected chi connectivity index (χ3v) is 5.63. The predicted octanol–water partition coefficient (Wildman–Crippen LogP) is 3.00. The summed E-state index contributed by atoms with van der Waals surface area (Å²) in [7, 11) is 3.68. The average molecular weight is 406 g/mol. The maximum Gasteiger partial charge on any atom is 0.225 e. The van der Waals surface area contributed by atoms with Gasteiger partial charge >= 0.3 is 0 Å². The van der Waals surface area contributed by atoms with E-state index in [0.29, 0.717) is 24.2 Å². The number of nitrogens with zero attached hydrogens (tertiary/aromatic N) is 5. The van der Waals surface area contributed by atoms with Gasteiger partial charge in [-0.05, 0) is 11.6 Å². The summed E-state index contributed by atoms with van der Waals surface area (Å²) < 4.78 is 11.1. The van der Waals surface area contributed by atoms with Crippen molar-refractivity contribution in [3.8, 4) is 11.6 Å².